The maximum atomic E-state index is 13.5. The fourth-order valence-corrected chi connectivity index (χ4v) is 1.44. The van der Waals surface area contributed by atoms with Gasteiger partial charge in [0.25, 0.3) is 0 Å². The number of rotatable bonds is 1. The normalized spacial score (nSPS) is 10.7. The molecule has 15 heavy (non-hydrogen) atoms. The highest BCUT2D eigenvalue weighted by molar-refractivity contribution is 9.10. The van der Waals surface area contributed by atoms with Gasteiger partial charge in [-0.05, 0) is 39.3 Å². The predicted octanol–water partition coefficient (Wildman–Crippen LogP) is 2.01. The Morgan fingerprint density at radius 2 is 2.00 bits per heavy atom. The summed E-state index contributed by atoms with van der Waals surface area (Å²) in [7, 11) is 0. The van der Waals surface area contributed by atoms with Crippen LogP contribution in [0.5, 0.6) is 0 Å². The van der Waals surface area contributed by atoms with Crippen molar-refractivity contribution in [2.75, 3.05) is 0 Å². The van der Waals surface area contributed by atoms with E-state index in [-0.39, 0.29) is 10.2 Å². The second-order valence-electron chi connectivity index (χ2n) is 2.86. The van der Waals surface area contributed by atoms with Gasteiger partial charge in [0.2, 0.25) is 0 Å². The number of nitrogens with zero attached hydrogens (tertiary/aromatic N) is 4. The number of benzene rings is 1. The monoisotopic (exact) mass is 274 g/mol. The van der Waals surface area contributed by atoms with Gasteiger partial charge in [-0.15, -0.1) is 5.10 Å². The molecule has 2 rings (SSSR count). The lowest BCUT2D eigenvalue weighted by atomic mass is 10.3. The molecule has 0 aliphatic rings. The molecule has 0 spiro atoms. The lowest BCUT2D eigenvalue weighted by Crippen LogP contribution is -2.03. The molecule has 78 valence electrons. The van der Waals surface area contributed by atoms with Crippen molar-refractivity contribution in [3.8, 4) is 5.69 Å². The standard InChI is InChI=1S/C8H5BrF2N4/c1-4-12-13-14-15(4)8-3-6(10)5(9)2-7(8)11/h2-3H,1H3. The molecule has 0 fully saturated rings. The first kappa shape index (κ1) is 10.2. The molecule has 2 aromatic rings. The highest BCUT2D eigenvalue weighted by Gasteiger charge is 2.12. The molecule has 0 aliphatic heterocycles. The smallest absolute Gasteiger partial charge is 0.153 e. The van der Waals surface area contributed by atoms with E-state index < -0.39 is 11.6 Å². The number of aryl methyl sites for hydroxylation is 1. The fourth-order valence-electron chi connectivity index (χ4n) is 1.13. The molecule has 0 aliphatic carbocycles. The van der Waals surface area contributed by atoms with Gasteiger partial charge < -0.3 is 0 Å². The summed E-state index contributed by atoms with van der Waals surface area (Å²) >= 11 is 2.89. The van der Waals surface area contributed by atoms with Gasteiger partial charge in [0.05, 0.1) is 4.47 Å². The molecule has 1 heterocycles. The average Bonchev–Trinajstić information content (AvgIpc) is 2.58. The Hall–Kier alpha value is -1.37. The zero-order valence-electron chi connectivity index (χ0n) is 7.58. The summed E-state index contributed by atoms with van der Waals surface area (Å²) in [5, 5.41) is 10.5. The van der Waals surface area contributed by atoms with E-state index in [1.165, 1.54) is 0 Å². The van der Waals surface area contributed by atoms with Crippen molar-refractivity contribution < 1.29 is 8.78 Å². The van der Waals surface area contributed by atoms with Crippen molar-refractivity contribution in [2.24, 2.45) is 0 Å². The fraction of sp³-hybridized carbons (Fsp3) is 0.125. The Morgan fingerprint density at radius 1 is 1.27 bits per heavy atom. The van der Waals surface area contributed by atoms with E-state index in [0.29, 0.717) is 5.82 Å². The quantitative estimate of drug-likeness (QED) is 0.748. The molecule has 0 atom stereocenters. The number of hydrogen-bond donors (Lipinski definition) is 0. The summed E-state index contributed by atoms with van der Waals surface area (Å²) in [6.07, 6.45) is 0. The first-order valence-corrected chi connectivity index (χ1v) is 4.79. The van der Waals surface area contributed by atoms with Crippen LogP contribution in [0.1, 0.15) is 5.82 Å². The van der Waals surface area contributed by atoms with E-state index in [2.05, 4.69) is 31.5 Å². The van der Waals surface area contributed by atoms with Crippen molar-refractivity contribution in [3.63, 3.8) is 0 Å². The molecule has 7 heteroatoms. The van der Waals surface area contributed by atoms with Crippen LogP contribution in [0.2, 0.25) is 0 Å². The number of halogens is 3. The highest BCUT2D eigenvalue weighted by Crippen LogP contribution is 2.22. The summed E-state index contributed by atoms with van der Waals surface area (Å²) in [5.74, 6) is -0.782. The minimum atomic E-state index is -0.598. The summed E-state index contributed by atoms with van der Waals surface area (Å²) in [4.78, 5) is 0. The van der Waals surface area contributed by atoms with Crippen LogP contribution >= 0.6 is 15.9 Å². The molecular formula is C8H5BrF2N4. The Labute approximate surface area is 92.0 Å². The maximum absolute atomic E-state index is 13.5. The summed E-state index contributed by atoms with van der Waals surface area (Å²) < 4.78 is 27.8. The molecule has 1 aromatic carbocycles. The Balaban J connectivity index is 2.64. The van der Waals surface area contributed by atoms with Gasteiger partial charge in [0.1, 0.15) is 17.3 Å². The van der Waals surface area contributed by atoms with Crippen molar-refractivity contribution in [1.29, 1.82) is 0 Å². The Bertz CT molecular complexity index is 511. The van der Waals surface area contributed by atoms with Crippen molar-refractivity contribution in [1.82, 2.24) is 20.2 Å². The molecule has 0 saturated heterocycles. The third kappa shape index (κ3) is 1.74. The third-order valence-electron chi connectivity index (χ3n) is 1.84. The predicted molar refractivity (Wildman–Crippen MR) is 51.5 cm³/mol. The zero-order chi connectivity index (χ0) is 11.0. The third-order valence-corrected chi connectivity index (χ3v) is 2.45. The Morgan fingerprint density at radius 3 is 2.60 bits per heavy atom. The molecule has 0 bridgehead atoms. The van der Waals surface area contributed by atoms with Gasteiger partial charge >= 0.3 is 0 Å². The van der Waals surface area contributed by atoms with Crippen LogP contribution in [0.25, 0.3) is 5.69 Å². The van der Waals surface area contributed by atoms with Gasteiger partial charge in [-0.1, -0.05) is 0 Å². The molecule has 4 nitrogen and oxygen atoms in total. The van der Waals surface area contributed by atoms with E-state index in [1.807, 2.05) is 0 Å². The molecule has 1 aromatic heterocycles. The van der Waals surface area contributed by atoms with Gasteiger partial charge in [0, 0.05) is 6.07 Å². The average molecular weight is 275 g/mol. The first-order chi connectivity index (χ1) is 7.09. The SMILES string of the molecule is Cc1nnnn1-c1cc(F)c(Br)cc1F. The minimum Gasteiger partial charge on any atom is -0.206 e. The summed E-state index contributed by atoms with van der Waals surface area (Å²) in [6.45, 7) is 1.60. The Kier molecular flexibility index (Phi) is 2.47. The van der Waals surface area contributed by atoms with Crippen LogP contribution in [0.3, 0.4) is 0 Å². The van der Waals surface area contributed by atoms with Crippen LogP contribution in [0.4, 0.5) is 8.78 Å². The largest absolute Gasteiger partial charge is 0.206 e. The topological polar surface area (TPSA) is 43.6 Å². The van der Waals surface area contributed by atoms with E-state index in [1.54, 1.807) is 6.92 Å². The van der Waals surface area contributed by atoms with Gasteiger partial charge in [-0.3, -0.25) is 0 Å². The first-order valence-electron chi connectivity index (χ1n) is 3.99. The maximum Gasteiger partial charge on any atom is 0.153 e. The molecule has 0 saturated carbocycles. The second kappa shape index (κ2) is 3.65. The van der Waals surface area contributed by atoms with Crippen LogP contribution in [0, 0.1) is 18.6 Å². The molecule has 0 amide bonds. The van der Waals surface area contributed by atoms with E-state index in [0.717, 1.165) is 16.8 Å². The molecule has 0 unspecified atom stereocenters. The van der Waals surface area contributed by atoms with Gasteiger partial charge in [-0.2, -0.15) is 4.68 Å². The number of tetrazole rings is 1. The van der Waals surface area contributed by atoms with E-state index >= 15 is 0 Å². The van der Waals surface area contributed by atoms with Crippen molar-refractivity contribution in [2.45, 2.75) is 6.92 Å². The lowest BCUT2D eigenvalue weighted by molar-refractivity contribution is 0.577. The molecule has 0 radical (unpaired) electrons. The summed E-state index contributed by atoms with van der Waals surface area (Å²) in [6, 6.07) is 2.06. The van der Waals surface area contributed by atoms with E-state index in [4.69, 9.17) is 0 Å². The van der Waals surface area contributed by atoms with Gasteiger partial charge in [0.15, 0.2) is 5.82 Å². The van der Waals surface area contributed by atoms with Crippen LogP contribution in [-0.4, -0.2) is 20.2 Å². The summed E-state index contributed by atoms with van der Waals surface area (Å²) in [5.41, 5.74) is -0.0156. The van der Waals surface area contributed by atoms with Crippen molar-refractivity contribution in [3.05, 3.63) is 34.1 Å². The van der Waals surface area contributed by atoms with Crippen molar-refractivity contribution >= 4 is 15.9 Å². The number of aromatic nitrogens is 4. The minimum absolute atomic E-state index is 0.0156. The van der Waals surface area contributed by atoms with Gasteiger partial charge in [-0.25, -0.2) is 8.78 Å². The van der Waals surface area contributed by atoms with Crippen LogP contribution in [0.15, 0.2) is 16.6 Å². The lowest BCUT2D eigenvalue weighted by Gasteiger charge is -2.04. The highest BCUT2D eigenvalue weighted by atomic mass is 79.9. The number of hydrogen-bond acceptors (Lipinski definition) is 3. The van der Waals surface area contributed by atoms with Crippen LogP contribution in [-0.2, 0) is 0 Å². The zero-order valence-corrected chi connectivity index (χ0v) is 9.16. The molecular weight excluding hydrogens is 270 g/mol. The molecule has 0 N–H and O–H groups in total. The van der Waals surface area contributed by atoms with E-state index in [9.17, 15) is 8.78 Å². The second-order valence-corrected chi connectivity index (χ2v) is 3.71. The van der Waals surface area contributed by atoms with Crippen LogP contribution < -0.4 is 0 Å².